The maximum atomic E-state index is 14.1. The summed E-state index contributed by atoms with van der Waals surface area (Å²) in [7, 11) is -3.44. The van der Waals surface area contributed by atoms with Gasteiger partial charge in [0.1, 0.15) is 5.69 Å². The maximum absolute atomic E-state index is 14.1. The van der Waals surface area contributed by atoms with Gasteiger partial charge in [-0.1, -0.05) is 36.4 Å². The third kappa shape index (κ3) is 3.93. The molecule has 4 aromatic rings. The van der Waals surface area contributed by atoms with Gasteiger partial charge < -0.3 is 0 Å². The Kier molecular flexibility index (Phi) is 5.09. The third-order valence-corrected chi connectivity index (χ3v) is 6.06. The highest BCUT2D eigenvalue weighted by Gasteiger charge is 2.40. The molecule has 0 aliphatic heterocycles. The summed E-state index contributed by atoms with van der Waals surface area (Å²) in [5, 5.41) is 5.03. The molecule has 9 heteroatoms. The molecule has 5 nitrogen and oxygen atoms in total. The van der Waals surface area contributed by atoms with E-state index in [2.05, 4.69) is 10.1 Å². The Hall–Kier alpha value is -3.20. The number of sulfone groups is 1. The molecule has 0 aliphatic carbocycles. The number of hydrogen-bond donors (Lipinski definition) is 0. The number of halogens is 3. The molecule has 0 fully saturated rings. The number of para-hydroxylation sites is 1. The molecular formula is C22H18F3N3O2S. The number of fused-ring (bicyclic) bond motifs is 1. The minimum Gasteiger partial charge on any atom is -0.259 e. The minimum atomic E-state index is -4.66. The highest BCUT2D eigenvalue weighted by molar-refractivity contribution is 7.90. The van der Waals surface area contributed by atoms with Crippen molar-refractivity contribution in [1.82, 2.24) is 14.8 Å². The van der Waals surface area contributed by atoms with Crippen molar-refractivity contribution < 1.29 is 21.6 Å². The molecule has 0 bridgehead atoms. The van der Waals surface area contributed by atoms with E-state index in [1.54, 1.807) is 31.2 Å². The minimum absolute atomic E-state index is 0.0108. The van der Waals surface area contributed by atoms with Gasteiger partial charge in [-0.25, -0.2) is 13.4 Å². The van der Waals surface area contributed by atoms with Gasteiger partial charge in [-0.3, -0.25) is 4.68 Å². The van der Waals surface area contributed by atoms with E-state index in [1.165, 1.54) is 24.3 Å². The van der Waals surface area contributed by atoms with Crippen LogP contribution in [-0.2, 0) is 22.6 Å². The summed E-state index contributed by atoms with van der Waals surface area (Å²) >= 11 is 0. The van der Waals surface area contributed by atoms with Gasteiger partial charge in [0, 0.05) is 23.8 Å². The first kappa shape index (κ1) is 21.0. The monoisotopic (exact) mass is 445 g/mol. The lowest BCUT2D eigenvalue weighted by atomic mass is 10.0. The molecule has 0 saturated carbocycles. The molecule has 4 rings (SSSR count). The van der Waals surface area contributed by atoms with Crippen LogP contribution in [0.25, 0.3) is 33.4 Å². The Bertz CT molecular complexity index is 1380. The summed E-state index contributed by atoms with van der Waals surface area (Å²) in [5.41, 5.74) is 0.155. The average Bonchev–Trinajstić information content (AvgIpc) is 3.13. The van der Waals surface area contributed by atoms with Crippen LogP contribution in [0.5, 0.6) is 0 Å². The van der Waals surface area contributed by atoms with E-state index in [0.717, 1.165) is 16.3 Å². The van der Waals surface area contributed by atoms with Crippen molar-refractivity contribution in [3.05, 3.63) is 66.4 Å². The fourth-order valence-electron chi connectivity index (χ4n) is 3.49. The molecule has 0 aliphatic rings. The van der Waals surface area contributed by atoms with Crippen LogP contribution < -0.4 is 0 Å². The van der Waals surface area contributed by atoms with E-state index in [1.807, 2.05) is 12.1 Å². The van der Waals surface area contributed by atoms with Gasteiger partial charge in [0.2, 0.25) is 0 Å². The van der Waals surface area contributed by atoms with E-state index in [4.69, 9.17) is 0 Å². The summed E-state index contributed by atoms with van der Waals surface area (Å²) in [6.45, 7) is 1.59. The SMILES string of the molecule is CCn1nc(-c2ccc(S(C)(=O)=O)cc2)c(-c2ccc3ccccc3n2)c1C(F)(F)F. The Labute approximate surface area is 177 Å². The van der Waals surface area contributed by atoms with E-state index in [9.17, 15) is 21.6 Å². The molecular weight excluding hydrogens is 427 g/mol. The second-order valence-electron chi connectivity index (χ2n) is 7.07. The van der Waals surface area contributed by atoms with E-state index < -0.39 is 21.7 Å². The zero-order chi connectivity index (χ0) is 22.4. The summed E-state index contributed by atoms with van der Waals surface area (Å²) in [6, 6.07) is 16.1. The first-order valence-electron chi connectivity index (χ1n) is 9.44. The zero-order valence-electron chi connectivity index (χ0n) is 16.7. The first-order valence-corrected chi connectivity index (χ1v) is 11.3. The van der Waals surface area contributed by atoms with Crippen LogP contribution in [0.3, 0.4) is 0 Å². The Morgan fingerprint density at radius 3 is 2.26 bits per heavy atom. The van der Waals surface area contributed by atoms with Crippen LogP contribution in [0.4, 0.5) is 13.2 Å². The molecule has 2 heterocycles. The number of alkyl halides is 3. The number of pyridine rings is 1. The summed E-state index contributed by atoms with van der Waals surface area (Å²) in [6.07, 6.45) is -3.59. The number of nitrogens with zero attached hydrogens (tertiary/aromatic N) is 3. The number of aromatic nitrogens is 3. The summed E-state index contributed by atoms with van der Waals surface area (Å²) in [5.74, 6) is 0. The van der Waals surface area contributed by atoms with Crippen LogP contribution in [-0.4, -0.2) is 29.4 Å². The van der Waals surface area contributed by atoms with Gasteiger partial charge in [-0.05, 0) is 31.2 Å². The highest BCUT2D eigenvalue weighted by atomic mass is 32.2. The Balaban J connectivity index is 2.00. The average molecular weight is 445 g/mol. The van der Waals surface area contributed by atoms with Crippen LogP contribution in [0.2, 0.25) is 0 Å². The van der Waals surface area contributed by atoms with E-state index >= 15 is 0 Å². The summed E-state index contributed by atoms with van der Waals surface area (Å²) in [4.78, 5) is 4.54. The van der Waals surface area contributed by atoms with Crippen molar-refractivity contribution in [3.63, 3.8) is 0 Å². The fourth-order valence-corrected chi connectivity index (χ4v) is 4.12. The molecule has 0 amide bonds. The van der Waals surface area contributed by atoms with Crippen molar-refractivity contribution in [1.29, 1.82) is 0 Å². The lowest BCUT2D eigenvalue weighted by Crippen LogP contribution is -2.15. The predicted octanol–water partition coefficient (Wildman–Crippen LogP) is 5.21. The molecule has 0 saturated heterocycles. The molecule has 0 atom stereocenters. The second kappa shape index (κ2) is 7.49. The lowest BCUT2D eigenvalue weighted by molar-refractivity contribution is -0.143. The Morgan fingerprint density at radius 2 is 1.65 bits per heavy atom. The smallest absolute Gasteiger partial charge is 0.259 e. The maximum Gasteiger partial charge on any atom is 0.433 e. The van der Waals surface area contributed by atoms with Gasteiger partial charge in [0.25, 0.3) is 0 Å². The van der Waals surface area contributed by atoms with Crippen LogP contribution in [0.15, 0.2) is 65.6 Å². The van der Waals surface area contributed by atoms with Gasteiger partial charge in [0.05, 0.1) is 21.7 Å². The normalized spacial score (nSPS) is 12.4. The van der Waals surface area contributed by atoms with Crippen LogP contribution >= 0.6 is 0 Å². The Morgan fingerprint density at radius 1 is 0.968 bits per heavy atom. The second-order valence-corrected chi connectivity index (χ2v) is 9.09. The zero-order valence-corrected chi connectivity index (χ0v) is 17.5. The molecule has 160 valence electrons. The molecule has 2 aromatic heterocycles. The molecule has 31 heavy (non-hydrogen) atoms. The molecule has 2 aromatic carbocycles. The van der Waals surface area contributed by atoms with E-state index in [0.29, 0.717) is 11.1 Å². The lowest BCUT2D eigenvalue weighted by Gasteiger charge is -2.12. The summed E-state index contributed by atoms with van der Waals surface area (Å²) < 4.78 is 66.6. The molecule has 0 spiro atoms. The molecule has 0 radical (unpaired) electrons. The van der Waals surface area contributed by atoms with E-state index in [-0.39, 0.29) is 28.4 Å². The largest absolute Gasteiger partial charge is 0.433 e. The van der Waals surface area contributed by atoms with Crippen molar-refractivity contribution in [3.8, 4) is 22.5 Å². The molecule has 0 N–H and O–H groups in total. The van der Waals surface area contributed by atoms with Crippen molar-refractivity contribution in [2.45, 2.75) is 24.5 Å². The molecule has 0 unspecified atom stereocenters. The number of rotatable bonds is 4. The number of benzene rings is 2. The quantitative estimate of drug-likeness (QED) is 0.433. The first-order chi connectivity index (χ1) is 14.6. The fraction of sp³-hybridized carbons (Fsp3) is 0.182. The van der Waals surface area contributed by atoms with Crippen LogP contribution in [0.1, 0.15) is 12.6 Å². The topological polar surface area (TPSA) is 64.8 Å². The van der Waals surface area contributed by atoms with Crippen LogP contribution in [0, 0.1) is 0 Å². The number of aryl methyl sites for hydroxylation is 1. The van der Waals surface area contributed by atoms with Gasteiger partial charge in [-0.2, -0.15) is 18.3 Å². The predicted molar refractivity (Wildman–Crippen MR) is 112 cm³/mol. The van der Waals surface area contributed by atoms with Gasteiger partial charge >= 0.3 is 6.18 Å². The highest BCUT2D eigenvalue weighted by Crippen LogP contribution is 2.42. The van der Waals surface area contributed by atoms with Gasteiger partial charge in [0.15, 0.2) is 15.5 Å². The van der Waals surface area contributed by atoms with Crippen molar-refractivity contribution in [2.75, 3.05) is 6.26 Å². The number of hydrogen-bond acceptors (Lipinski definition) is 4. The third-order valence-electron chi connectivity index (χ3n) is 4.93. The standard InChI is InChI=1S/C22H18F3N3O2S/c1-3-28-21(22(23,24)25)19(18-13-10-14-6-4-5-7-17(14)26-18)20(27-28)15-8-11-16(12-9-15)31(2,29)30/h4-13H,3H2,1-2H3. The van der Waals surface area contributed by atoms with Crippen molar-refractivity contribution in [2.24, 2.45) is 0 Å². The van der Waals surface area contributed by atoms with Gasteiger partial charge in [-0.15, -0.1) is 0 Å². The van der Waals surface area contributed by atoms with Crippen molar-refractivity contribution >= 4 is 20.7 Å².